The van der Waals surface area contributed by atoms with Gasteiger partial charge in [-0.05, 0) is 57.8 Å². The van der Waals surface area contributed by atoms with Crippen molar-refractivity contribution in [1.82, 2.24) is 14.6 Å². The minimum atomic E-state index is -4.26. The average Bonchev–Trinajstić information content (AvgIpc) is 3.10. The second-order valence-corrected chi connectivity index (χ2v) is 10.5. The smallest absolute Gasteiger partial charge is 0.459 e. The van der Waals surface area contributed by atoms with Crippen LogP contribution in [0.15, 0.2) is 46.3 Å². The van der Waals surface area contributed by atoms with Crippen LogP contribution in [0.4, 0.5) is 5.82 Å². The maximum absolute atomic E-state index is 13.7. The van der Waals surface area contributed by atoms with Crippen molar-refractivity contribution >= 4 is 37.9 Å². The number of carbonyl (C=O) groups is 1. The maximum atomic E-state index is 13.7. The Hall–Kier alpha value is -2.80. The minimum Gasteiger partial charge on any atom is -0.465 e. The van der Waals surface area contributed by atoms with Gasteiger partial charge in [0.05, 0.1) is 13.2 Å². The van der Waals surface area contributed by atoms with Gasteiger partial charge in [-0.2, -0.15) is 10.1 Å². The van der Waals surface area contributed by atoms with E-state index in [-0.39, 0.29) is 18.2 Å². The molecule has 0 aliphatic carbocycles. The normalized spacial score (nSPS) is 25.7. The van der Waals surface area contributed by atoms with Gasteiger partial charge in [0.2, 0.25) is 0 Å². The first kappa shape index (κ1) is 28.8. The molecule has 6 atom stereocenters. The van der Waals surface area contributed by atoms with Crippen LogP contribution in [-0.2, 0) is 23.4 Å². The molecule has 3 rings (SSSR count). The zero-order valence-electron chi connectivity index (χ0n) is 20.4. The number of nitrogens with one attached hydrogen (secondary N) is 1. The van der Waals surface area contributed by atoms with E-state index in [1.54, 1.807) is 6.92 Å². The molecule has 202 valence electrons. The van der Waals surface area contributed by atoms with Crippen molar-refractivity contribution in [2.75, 3.05) is 18.9 Å². The number of aliphatic hydroxyl groups excluding tert-OH is 1. The fraction of sp³-hybridized carbons (Fsp3) is 0.455. The highest BCUT2D eigenvalue weighted by molar-refractivity contribution is 7.52. The molecule has 0 bridgehead atoms. The number of halogens is 1. The SMILES string of the molecule is C=N[C@]1(C)[C@H](O)[C@@H](COP(=O)(N[C@@H](C)C(=O)OCC)Oc2ccc(Cl)cc2)O[C@H]1n1ccc(N)nc1=O. The number of anilines is 1. The summed E-state index contributed by atoms with van der Waals surface area (Å²) in [7, 11) is -4.26. The molecule has 1 aliphatic rings. The molecule has 15 heteroatoms. The molecule has 0 amide bonds. The summed E-state index contributed by atoms with van der Waals surface area (Å²) < 4.78 is 36.8. The van der Waals surface area contributed by atoms with Crippen molar-refractivity contribution in [2.45, 2.75) is 50.8 Å². The van der Waals surface area contributed by atoms with Gasteiger partial charge in [-0.15, -0.1) is 0 Å². The van der Waals surface area contributed by atoms with E-state index in [1.807, 2.05) is 0 Å². The summed E-state index contributed by atoms with van der Waals surface area (Å²) in [5.74, 6) is -0.531. The molecule has 4 N–H and O–H groups in total. The number of ether oxygens (including phenoxy) is 2. The topological polar surface area (TPSA) is 177 Å². The van der Waals surface area contributed by atoms with Crippen LogP contribution in [0, 0.1) is 0 Å². The molecule has 1 fully saturated rings. The van der Waals surface area contributed by atoms with Gasteiger partial charge in [-0.1, -0.05) is 11.6 Å². The van der Waals surface area contributed by atoms with Crippen LogP contribution >= 0.6 is 19.3 Å². The second kappa shape index (κ2) is 11.7. The molecule has 1 aromatic carbocycles. The van der Waals surface area contributed by atoms with Crippen LogP contribution < -0.4 is 21.0 Å². The lowest BCUT2D eigenvalue weighted by Gasteiger charge is -2.28. The molecule has 2 heterocycles. The van der Waals surface area contributed by atoms with E-state index in [0.29, 0.717) is 5.02 Å². The number of carbonyl (C=O) groups excluding carboxylic acids is 1. The van der Waals surface area contributed by atoms with E-state index in [0.717, 1.165) is 4.57 Å². The Labute approximate surface area is 218 Å². The van der Waals surface area contributed by atoms with E-state index in [1.165, 1.54) is 50.4 Å². The van der Waals surface area contributed by atoms with E-state index < -0.39 is 56.0 Å². The van der Waals surface area contributed by atoms with E-state index in [2.05, 4.69) is 21.8 Å². The first-order valence-electron chi connectivity index (χ1n) is 11.2. The zero-order valence-corrected chi connectivity index (χ0v) is 22.1. The van der Waals surface area contributed by atoms with Gasteiger partial charge in [-0.3, -0.25) is 18.9 Å². The largest absolute Gasteiger partial charge is 0.465 e. The standard InChI is InChI=1S/C22H29ClN5O8P/c1-5-33-19(30)13(2)27-37(32,36-15-8-6-14(23)7-9-15)34-12-16-18(29)22(3,25-4)20(35-16)28-11-10-17(24)26-21(28)31/h6-11,13,16,18,20,29H,4-5,12H2,1-3H3,(H,27,32)(H2,24,26,31)/t13-,16+,18+,20+,22+,37?/m0/s1. The Morgan fingerprint density at radius 1 is 1.43 bits per heavy atom. The Bertz CT molecular complexity index is 1230. The van der Waals surface area contributed by atoms with Crippen LogP contribution in [0.1, 0.15) is 27.0 Å². The third-order valence-corrected chi connectivity index (χ3v) is 7.54. The van der Waals surface area contributed by atoms with Crippen molar-refractivity contribution in [2.24, 2.45) is 4.99 Å². The molecule has 2 aromatic rings. The summed E-state index contributed by atoms with van der Waals surface area (Å²) in [5, 5.41) is 14.0. The lowest BCUT2D eigenvalue weighted by molar-refractivity contribution is -0.144. The van der Waals surface area contributed by atoms with Gasteiger partial charge < -0.3 is 24.8 Å². The van der Waals surface area contributed by atoms with Crippen molar-refractivity contribution in [3.63, 3.8) is 0 Å². The number of aliphatic hydroxyl groups is 1. The predicted octanol–water partition coefficient (Wildman–Crippen LogP) is 1.94. The number of esters is 1. The Balaban J connectivity index is 1.84. The summed E-state index contributed by atoms with van der Waals surface area (Å²) in [6, 6.07) is 6.28. The van der Waals surface area contributed by atoms with E-state index >= 15 is 0 Å². The summed E-state index contributed by atoms with van der Waals surface area (Å²) >= 11 is 5.90. The summed E-state index contributed by atoms with van der Waals surface area (Å²) in [5.41, 5.74) is 3.44. The van der Waals surface area contributed by atoms with Gasteiger partial charge in [0, 0.05) is 11.2 Å². The van der Waals surface area contributed by atoms with Crippen LogP contribution in [0.3, 0.4) is 0 Å². The minimum absolute atomic E-state index is 0.00928. The van der Waals surface area contributed by atoms with E-state index in [9.17, 15) is 19.3 Å². The van der Waals surface area contributed by atoms with Crippen LogP contribution in [-0.4, -0.2) is 64.3 Å². The van der Waals surface area contributed by atoms with Crippen molar-refractivity contribution in [3.8, 4) is 5.75 Å². The monoisotopic (exact) mass is 557 g/mol. The Morgan fingerprint density at radius 3 is 2.70 bits per heavy atom. The lowest BCUT2D eigenvalue weighted by atomic mass is 9.93. The number of aliphatic imine (C=N–C) groups is 1. The molecule has 1 unspecified atom stereocenters. The summed E-state index contributed by atoms with van der Waals surface area (Å²) in [4.78, 5) is 32.2. The second-order valence-electron chi connectivity index (χ2n) is 8.34. The maximum Gasteiger partial charge on any atom is 0.459 e. The highest BCUT2D eigenvalue weighted by Crippen LogP contribution is 2.47. The van der Waals surface area contributed by atoms with Crippen molar-refractivity contribution in [1.29, 1.82) is 0 Å². The number of rotatable bonds is 11. The highest BCUT2D eigenvalue weighted by atomic mass is 35.5. The van der Waals surface area contributed by atoms with Gasteiger partial charge in [0.1, 0.15) is 35.4 Å². The molecule has 0 spiro atoms. The first-order chi connectivity index (χ1) is 17.4. The van der Waals surface area contributed by atoms with Crippen molar-refractivity contribution < 1.29 is 33.0 Å². The van der Waals surface area contributed by atoms with Crippen LogP contribution in [0.2, 0.25) is 5.02 Å². The average molecular weight is 558 g/mol. The van der Waals surface area contributed by atoms with Gasteiger partial charge in [-0.25, -0.2) is 9.36 Å². The predicted molar refractivity (Wildman–Crippen MR) is 136 cm³/mol. The third kappa shape index (κ3) is 6.56. The third-order valence-electron chi connectivity index (χ3n) is 5.64. The number of hydrogen-bond donors (Lipinski definition) is 3. The Morgan fingerprint density at radius 2 is 2.11 bits per heavy atom. The fourth-order valence-electron chi connectivity index (χ4n) is 3.61. The summed E-state index contributed by atoms with van der Waals surface area (Å²) in [6.45, 7) is 7.75. The number of nitrogen functional groups attached to an aromatic ring is 1. The van der Waals surface area contributed by atoms with Crippen molar-refractivity contribution in [3.05, 3.63) is 52.0 Å². The molecule has 37 heavy (non-hydrogen) atoms. The fourth-order valence-corrected chi connectivity index (χ4v) is 5.23. The number of hydrogen-bond acceptors (Lipinski definition) is 11. The lowest BCUT2D eigenvalue weighted by Crippen LogP contribution is -2.45. The molecule has 1 aromatic heterocycles. The molecular weight excluding hydrogens is 529 g/mol. The highest BCUT2D eigenvalue weighted by Gasteiger charge is 2.54. The molecule has 1 aliphatic heterocycles. The van der Waals surface area contributed by atoms with Gasteiger partial charge in [0.15, 0.2) is 6.23 Å². The van der Waals surface area contributed by atoms with E-state index in [4.69, 9.17) is 35.9 Å². The molecule has 1 saturated heterocycles. The van der Waals surface area contributed by atoms with Crippen LogP contribution in [0.25, 0.3) is 0 Å². The number of benzene rings is 1. The summed E-state index contributed by atoms with van der Waals surface area (Å²) in [6.07, 6.45) is -2.25. The van der Waals surface area contributed by atoms with Crippen LogP contribution in [0.5, 0.6) is 5.75 Å². The molecule has 0 saturated carbocycles. The quantitative estimate of drug-likeness (QED) is 0.209. The number of nitrogens with two attached hydrogens (primary N) is 1. The molecular formula is C22H29ClN5O8P. The first-order valence-corrected chi connectivity index (χ1v) is 13.1. The number of aromatic nitrogens is 2. The molecule has 0 radical (unpaired) electrons. The van der Waals surface area contributed by atoms with Gasteiger partial charge in [0.25, 0.3) is 0 Å². The molecule has 13 nitrogen and oxygen atoms in total. The Kier molecular flexibility index (Phi) is 9.11. The van der Waals surface area contributed by atoms with Gasteiger partial charge >= 0.3 is 19.4 Å². The zero-order chi connectivity index (χ0) is 27.4. The number of nitrogens with zero attached hydrogens (tertiary/aromatic N) is 3.